The summed E-state index contributed by atoms with van der Waals surface area (Å²) >= 11 is 0. The molecule has 0 unspecified atom stereocenters. The van der Waals surface area contributed by atoms with Crippen molar-refractivity contribution in [3.8, 4) is 0 Å². The van der Waals surface area contributed by atoms with Gasteiger partial charge in [-0.3, -0.25) is 0 Å². The fourth-order valence-corrected chi connectivity index (χ4v) is 4.07. The van der Waals surface area contributed by atoms with Gasteiger partial charge < -0.3 is 15.1 Å². The van der Waals surface area contributed by atoms with Crippen molar-refractivity contribution < 1.29 is 0 Å². The summed E-state index contributed by atoms with van der Waals surface area (Å²) in [5, 5.41) is 3.48. The third-order valence-electron chi connectivity index (χ3n) is 5.23. The van der Waals surface area contributed by atoms with Crippen molar-refractivity contribution in [1.82, 2.24) is 15.1 Å². The lowest BCUT2D eigenvalue weighted by Gasteiger charge is -2.43. The van der Waals surface area contributed by atoms with Gasteiger partial charge in [0.25, 0.3) is 0 Å². The van der Waals surface area contributed by atoms with Crippen LogP contribution in [0.5, 0.6) is 0 Å². The van der Waals surface area contributed by atoms with E-state index in [1.165, 1.54) is 84.2 Å². The molecule has 18 heavy (non-hydrogen) atoms. The molecule has 0 aromatic heterocycles. The van der Waals surface area contributed by atoms with Crippen molar-refractivity contribution in [2.75, 3.05) is 39.3 Å². The van der Waals surface area contributed by atoms with E-state index in [9.17, 15) is 0 Å². The molecule has 0 spiro atoms. The monoisotopic (exact) mass is 251 g/mol. The molecule has 3 heteroatoms. The van der Waals surface area contributed by atoms with Gasteiger partial charge in [-0.1, -0.05) is 6.42 Å². The highest BCUT2D eigenvalue weighted by Gasteiger charge is 2.29. The summed E-state index contributed by atoms with van der Waals surface area (Å²) in [6, 6.07) is 1.79. The Kier molecular flexibility index (Phi) is 4.55. The molecular weight excluding hydrogens is 222 g/mol. The molecule has 3 aliphatic rings. The van der Waals surface area contributed by atoms with Crippen LogP contribution in [0.3, 0.4) is 0 Å². The van der Waals surface area contributed by atoms with E-state index in [1.54, 1.807) is 0 Å². The minimum Gasteiger partial charge on any atom is -0.317 e. The predicted octanol–water partition coefficient (Wildman–Crippen LogP) is 1.69. The smallest absolute Gasteiger partial charge is 0.0120 e. The van der Waals surface area contributed by atoms with Crippen molar-refractivity contribution in [1.29, 1.82) is 0 Å². The Bertz CT molecular complexity index is 210. The van der Waals surface area contributed by atoms with Crippen molar-refractivity contribution in [2.24, 2.45) is 0 Å². The molecule has 0 atom stereocenters. The number of rotatable bonds is 2. The standard InChI is InChI=1S/C15H29N3/c1-2-10-17(11-3-1)15-6-12-18(13-7-15)14-4-8-16-9-5-14/h14-16H,1-13H2. The van der Waals surface area contributed by atoms with Crippen LogP contribution in [0.25, 0.3) is 0 Å². The maximum absolute atomic E-state index is 3.48. The molecule has 0 aliphatic carbocycles. The Morgan fingerprint density at radius 2 is 1.17 bits per heavy atom. The third kappa shape index (κ3) is 3.06. The first-order valence-electron chi connectivity index (χ1n) is 8.12. The van der Waals surface area contributed by atoms with E-state index in [2.05, 4.69) is 15.1 Å². The van der Waals surface area contributed by atoms with E-state index in [4.69, 9.17) is 0 Å². The van der Waals surface area contributed by atoms with Crippen LogP contribution < -0.4 is 5.32 Å². The number of likely N-dealkylation sites (tertiary alicyclic amines) is 2. The van der Waals surface area contributed by atoms with Gasteiger partial charge in [-0.25, -0.2) is 0 Å². The van der Waals surface area contributed by atoms with Crippen LogP contribution in [0.4, 0.5) is 0 Å². The lowest BCUT2D eigenvalue weighted by Crippen LogP contribution is -2.51. The maximum atomic E-state index is 3.48. The summed E-state index contributed by atoms with van der Waals surface area (Å²) in [7, 11) is 0. The van der Waals surface area contributed by atoms with E-state index in [0.29, 0.717) is 0 Å². The summed E-state index contributed by atoms with van der Waals surface area (Å²) in [5.74, 6) is 0. The lowest BCUT2D eigenvalue weighted by molar-refractivity contribution is 0.0636. The number of piperidine rings is 3. The SMILES string of the molecule is C1CCN(C2CCN(C3CCNCC3)CC2)CC1. The number of hydrogen-bond donors (Lipinski definition) is 1. The van der Waals surface area contributed by atoms with E-state index < -0.39 is 0 Å². The van der Waals surface area contributed by atoms with Gasteiger partial charge in [0.05, 0.1) is 0 Å². The first-order chi connectivity index (χ1) is 8.93. The maximum Gasteiger partial charge on any atom is 0.0120 e. The quantitative estimate of drug-likeness (QED) is 0.806. The molecule has 3 rings (SSSR count). The number of hydrogen-bond acceptors (Lipinski definition) is 3. The number of nitrogens with zero attached hydrogens (tertiary/aromatic N) is 2. The highest BCUT2D eigenvalue weighted by atomic mass is 15.2. The molecule has 3 fully saturated rings. The van der Waals surface area contributed by atoms with Gasteiger partial charge in [0, 0.05) is 12.1 Å². The normalized spacial score (nSPS) is 30.7. The summed E-state index contributed by atoms with van der Waals surface area (Å²) in [4.78, 5) is 5.56. The molecule has 1 N–H and O–H groups in total. The Morgan fingerprint density at radius 1 is 0.611 bits per heavy atom. The van der Waals surface area contributed by atoms with Gasteiger partial charge in [-0.2, -0.15) is 0 Å². The topological polar surface area (TPSA) is 18.5 Å². The Hall–Kier alpha value is -0.120. The van der Waals surface area contributed by atoms with Gasteiger partial charge in [-0.15, -0.1) is 0 Å². The molecule has 0 aromatic carbocycles. The zero-order valence-corrected chi connectivity index (χ0v) is 11.7. The fraction of sp³-hybridized carbons (Fsp3) is 1.00. The van der Waals surface area contributed by atoms with Crippen molar-refractivity contribution in [2.45, 2.75) is 57.0 Å². The van der Waals surface area contributed by atoms with Gasteiger partial charge in [0.15, 0.2) is 0 Å². The average Bonchev–Trinajstić information content (AvgIpc) is 2.49. The largest absolute Gasteiger partial charge is 0.317 e. The lowest BCUT2D eigenvalue weighted by atomic mass is 9.96. The van der Waals surface area contributed by atoms with Crippen LogP contribution in [-0.2, 0) is 0 Å². The molecule has 3 aliphatic heterocycles. The highest BCUT2D eigenvalue weighted by molar-refractivity contribution is 4.86. The second-order valence-electron chi connectivity index (χ2n) is 6.34. The van der Waals surface area contributed by atoms with Crippen molar-refractivity contribution in [3.05, 3.63) is 0 Å². The predicted molar refractivity (Wildman–Crippen MR) is 75.9 cm³/mol. The summed E-state index contributed by atoms with van der Waals surface area (Å²) in [5.41, 5.74) is 0. The van der Waals surface area contributed by atoms with Crippen LogP contribution in [0, 0.1) is 0 Å². The summed E-state index contributed by atoms with van der Waals surface area (Å²) < 4.78 is 0. The minimum atomic E-state index is 0.883. The van der Waals surface area contributed by atoms with Crippen LogP contribution in [0.1, 0.15) is 44.9 Å². The van der Waals surface area contributed by atoms with Crippen LogP contribution in [-0.4, -0.2) is 61.2 Å². The van der Waals surface area contributed by atoms with E-state index in [0.717, 1.165) is 12.1 Å². The van der Waals surface area contributed by atoms with Crippen molar-refractivity contribution in [3.63, 3.8) is 0 Å². The molecule has 0 amide bonds. The highest BCUT2D eigenvalue weighted by Crippen LogP contribution is 2.23. The van der Waals surface area contributed by atoms with Gasteiger partial charge in [0.2, 0.25) is 0 Å². The van der Waals surface area contributed by atoms with Gasteiger partial charge in [0.1, 0.15) is 0 Å². The molecule has 104 valence electrons. The molecule has 0 aromatic rings. The Morgan fingerprint density at radius 3 is 1.83 bits per heavy atom. The zero-order valence-electron chi connectivity index (χ0n) is 11.7. The first-order valence-corrected chi connectivity index (χ1v) is 8.12. The summed E-state index contributed by atoms with van der Waals surface area (Å²) in [6.07, 6.45) is 9.92. The average molecular weight is 251 g/mol. The van der Waals surface area contributed by atoms with Gasteiger partial charge in [-0.05, 0) is 77.8 Å². The van der Waals surface area contributed by atoms with Crippen LogP contribution in [0.2, 0.25) is 0 Å². The Balaban J connectivity index is 1.45. The zero-order chi connectivity index (χ0) is 12.2. The molecule has 3 heterocycles. The molecule has 3 nitrogen and oxygen atoms in total. The summed E-state index contributed by atoms with van der Waals surface area (Å²) in [6.45, 7) is 7.92. The molecular formula is C15H29N3. The molecule has 3 saturated heterocycles. The Labute approximate surface area is 112 Å². The van der Waals surface area contributed by atoms with Crippen LogP contribution >= 0.6 is 0 Å². The van der Waals surface area contributed by atoms with Crippen LogP contribution in [0.15, 0.2) is 0 Å². The fourth-order valence-electron chi connectivity index (χ4n) is 4.07. The second kappa shape index (κ2) is 6.36. The first kappa shape index (κ1) is 12.9. The van der Waals surface area contributed by atoms with E-state index in [1.807, 2.05) is 0 Å². The van der Waals surface area contributed by atoms with E-state index in [-0.39, 0.29) is 0 Å². The second-order valence-corrected chi connectivity index (χ2v) is 6.34. The minimum absolute atomic E-state index is 0.883. The molecule has 0 bridgehead atoms. The number of nitrogens with one attached hydrogen (secondary N) is 1. The third-order valence-corrected chi connectivity index (χ3v) is 5.23. The van der Waals surface area contributed by atoms with Gasteiger partial charge >= 0.3 is 0 Å². The van der Waals surface area contributed by atoms with Crippen molar-refractivity contribution >= 4 is 0 Å². The molecule has 0 radical (unpaired) electrons. The van der Waals surface area contributed by atoms with E-state index >= 15 is 0 Å². The molecule has 0 saturated carbocycles.